The number of ether oxygens (including phenoxy) is 1. The molecule has 0 aliphatic carbocycles. The van der Waals surface area contributed by atoms with Crippen LogP contribution >= 0.6 is 0 Å². The molecule has 0 saturated heterocycles. The average molecular weight is 183 g/mol. The third kappa shape index (κ3) is 8.90. The van der Waals surface area contributed by atoms with Gasteiger partial charge in [0.05, 0.1) is 0 Å². The minimum absolute atomic E-state index is 0.0509. The van der Waals surface area contributed by atoms with Crippen LogP contribution in [0.5, 0.6) is 0 Å². The Kier molecular flexibility index (Phi) is 8.38. The second kappa shape index (κ2) is 9.08. The van der Waals surface area contributed by atoms with Gasteiger partial charge in [0.25, 0.3) is 0 Å². The highest BCUT2D eigenvalue weighted by atomic mass is 16.5. The Bertz CT molecular complexity index is 172. The molecule has 0 aromatic carbocycles. The number of rotatable bonds is 7. The Balaban J connectivity index is 3.16. The Labute approximate surface area is 79.8 Å². The normalized spacial score (nSPS) is 9.23. The molecule has 0 rings (SSSR count). The topological polar surface area (TPSA) is 38.3 Å². The van der Waals surface area contributed by atoms with Crippen LogP contribution in [0.3, 0.4) is 0 Å². The first-order chi connectivity index (χ1) is 6.31. The maximum Gasteiger partial charge on any atom is 0.220 e. The van der Waals surface area contributed by atoms with Crippen LogP contribution in [0.4, 0.5) is 0 Å². The molecule has 0 atom stereocenters. The molecular weight excluding hydrogens is 166 g/mol. The van der Waals surface area contributed by atoms with Crippen LogP contribution in [0.25, 0.3) is 0 Å². The SMILES string of the molecule is C#CCCNC(=O)CCCOCC. The summed E-state index contributed by atoms with van der Waals surface area (Å²) in [6.45, 7) is 3.87. The molecule has 0 fully saturated rings. The zero-order chi connectivity index (χ0) is 9.94. The van der Waals surface area contributed by atoms with Crippen molar-refractivity contribution in [3.8, 4) is 12.3 Å². The molecule has 0 unspecified atom stereocenters. The summed E-state index contributed by atoms with van der Waals surface area (Å²) in [5, 5.41) is 2.72. The summed E-state index contributed by atoms with van der Waals surface area (Å²) in [5.41, 5.74) is 0. The molecule has 0 radical (unpaired) electrons. The summed E-state index contributed by atoms with van der Waals surface area (Å²) < 4.78 is 5.10. The van der Waals surface area contributed by atoms with Crippen molar-refractivity contribution >= 4 is 5.91 Å². The van der Waals surface area contributed by atoms with Crippen LogP contribution in [0, 0.1) is 12.3 Å². The molecule has 0 bridgehead atoms. The first kappa shape index (κ1) is 12.0. The van der Waals surface area contributed by atoms with Gasteiger partial charge in [-0.2, -0.15) is 0 Å². The number of terminal acetylenes is 1. The fraction of sp³-hybridized carbons (Fsp3) is 0.700. The Morgan fingerprint density at radius 2 is 2.38 bits per heavy atom. The Morgan fingerprint density at radius 1 is 1.62 bits per heavy atom. The largest absolute Gasteiger partial charge is 0.382 e. The Hall–Kier alpha value is -1.01. The monoisotopic (exact) mass is 183 g/mol. The van der Waals surface area contributed by atoms with Gasteiger partial charge in [-0.3, -0.25) is 4.79 Å². The van der Waals surface area contributed by atoms with E-state index in [4.69, 9.17) is 11.2 Å². The molecule has 0 saturated carbocycles. The summed E-state index contributed by atoms with van der Waals surface area (Å²) in [4.78, 5) is 11.0. The summed E-state index contributed by atoms with van der Waals surface area (Å²) in [5.74, 6) is 2.51. The lowest BCUT2D eigenvalue weighted by atomic mass is 10.3. The highest BCUT2D eigenvalue weighted by Crippen LogP contribution is 1.90. The minimum atomic E-state index is 0.0509. The summed E-state index contributed by atoms with van der Waals surface area (Å²) in [7, 11) is 0. The number of nitrogens with one attached hydrogen (secondary N) is 1. The van der Waals surface area contributed by atoms with E-state index in [9.17, 15) is 4.79 Å². The lowest BCUT2D eigenvalue weighted by Gasteiger charge is -2.02. The zero-order valence-electron chi connectivity index (χ0n) is 8.14. The van der Waals surface area contributed by atoms with Gasteiger partial charge in [-0.1, -0.05) is 0 Å². The van der Waals surface area contributed by atoms with Crippen LogP contribution < -0.4 is 5.32 Å². The lowest BCUT2D eigenvalue weighted by molar-refractivity contribution is -0.121. The minimum Gasteiger partial charge on any atom is -0.382 e. The third-order valence-electron chi connectivity index (χ3n) is 1.49. The molecule has 3 heteroatoms. The molecule has 0 aromatic rings. The summed E-state index contributed by atoms with van der Waals surface area (Å²) >= 11 is 0. The van der Waals surface area contributed by atoms with Gasteiger partial charge in [0.1, 0.15) is 0 Å². The smallest absolute Gasteiger partial charge is 0.220 e. The van der Waals surface area contributed by atoms with Gasteiger partial charge < -0.3 is 10.1 Å². The standard InChI is InChI=1S/C10H17NO2/c1-3-5-8-11-10(12)7-6-9-13-4-2/h1H,4-9H2,2H3,(H,11,12). The van der Waals surface area contributed by atoms with E-state index < -0.39 is 0 Å². The highest BCUT2D eigenvalue weighted by Gasteiger charge is 1.98. The number of carbonyl (C=O) groups excluding carboxylic acids is 1. The van der Waals surface area contributed by atoms with Crippen LogP contribution in [-0.4, -0.2) is 25.7 Å². The van der Waals surface area contributed by atoms with Gasteiger partial charge in [0.15, 0.2) is 0 Å². The fourth-order valence-corrected chi connectivity index (χ4v) is 0.842. The number of amides is 1. The predicted octanol–water partition coefficient (Wildman–Crippen LogP) is 0.943. The van der Waals surface area contributed by atoms with Crippen LogP contribution in [0.15, 0.2) is 0 Å². The first-order valence-electron chi connectivity index (χ1n) is 4.59. The quantitative estimate of drug-likeness (QED) is 0.471. The maximum atomic E-state index is 11.0. The molecule has 1 amide bonds. The number of hydrogen-bond donors (Lipinski definition) is 1. The number of hydrogen-bond acceptors (Lipinski definition) is 2. The van der Waals surface area contributed by atoms with E-state index in [2.05, 4.69) is 11.2 Å². The van der Waals surface area contributed by atoms with Gasteiger partial charge >= 0.3 is 0 Å². The molecule has 0 heterocycles. The van der Waals surface area contributed by atoms with Crippen molar-refractivity contribution in [2.24, 2.45) is 0 Å². The average Bonchev–Trinajstić information content (AvgIpc) is 2.13. The summed E-state index contributed by atoms with van der Waals surface area (Å²) in [6.07, 6.45) is 6.92. The third-order valence-corrected chi connectivity index (χ3v) is 1.49. The first-order valence-corrected chi connectivity index (χ1v) is 4.59. The summed E-state index contributed by atoms with van der Waals surface area (Å²) in [6, 6.07) is 0. The molecule has 0 aliphatic rings. The molecule has 13 heavy (non-hydrogen) atoms. The second-order valence-electron chi connectivity index (χ2n) is 2.60. The van der Waals surface area contributed by atoms with E-state index >= 15 is 0 Å². The molecular formula is C10H17NO2. The van der Waals surface area contributed by atoms with Crippen molar-refractivity contribution in [1.29, 1.82) is 0 Å². The van der Waals surface area contributed by atoms with Crippen molar-refractivity contribution in [2.75, 3.05) is 19.8 Å². The van der Waals surface area contributed by atoms with E-state index in [-0.39, 0.29) is 5.91 Å². The molecule has 3 nitrogen and oxygen atoms in total. The second-order valence-corrected chi connectivity index (χ2v) is 2.60. The van der Waals surface area contributed by atoms with E-state index in [0.29, 0.717) is 32.6 Å². The molecule has 1 N–H and O–H groups in total. The van der Waals surface area contributed by atoms with Gasteiger partial charge in [0.2, 0.25) is 5.91 Å². The van der Waals surface area contributed by atoms with Crippen LogP contribution in [-0.2, 0) is 9.53 Å². The van der Waals surface area contributed by atoms with Crippen molar-refractivity contribution in [3.05, 3.63) is 0 Å². The molecule has 0 aliphatic heterocycles. The van der Waals surface area contributed by atoms with Crippen molar-refractivity contribution in [1.82, 2.24) is 5.32 Å². The van der Waals surface area contributed by atoms with E-state index in [1.54, 1.807) is 0 Å². The lowest BCUT2D eigenvalue weighted by Crippen LogP contribution is -2.24. The van der Waals surface area contributed by atoms with E-state index in [0.717, 1.165) is 6.42 Å². The maximum absolute atomic E-state index is 11.0. The molecule has 0 spiro atoms. The number of carbonyl (C=O) groups is 1. The molecule has 74 valence electrons. The van der Waals surface area contributed by atoms with Gasteiger partial charge in [0, 0.05) is 32.6 Å². The van der Waals surface area contributed by atoms with Gasteiger partial charge in [-0.25, -0.2) is 0 Å². The van der Waals surface area contributed by atoms with Gasteiger partial charge in [-0.05, 0) is 13.3 Å². The van der Waals surface area contributed by atoms with Crippen molar-refractivity contribution in [3.63, 3.8) is 0 Å². The van der Waals surface area contributed by atoms with E-state index in [1.807, 2.05) is 6.92 Å². The van der Waals surface area contributed by atoms with E-state index in [1.165, 1.54) is 0 Å². The molecule has 0 aromatic heterocycles. The fourth-order valence-electron chi connectivity index (χ4n) is 0.842. The van der Waals surface area contributed by atoms with Crippen LogP contribution in [0.2, 0.25) is 0 Å². The van der Waals surface area contributed by atoms with Crippen molar-refractivity contribution in [2.45, 2.75) is 26.2 Å². The van der Waals surface area contributed by atoms with Crippen LogP contribution in [0.1, 0.15) is 26.2 Å². The Morgan fingerprint density at radius 3 is 3.00 bits per heavy atom. The predicted molar refractivity (Wildman–Crippen MR) is 52.2 cm³/mol. The zero-order valence-corrected chi connectivity index (χ0v) is 8.14. The van der Waals surface area contributed by atoms with Crippen molar-refractivity contribution < 1.29 is 9.53 Å². The van der Waals surface area contributed by atoms with Gasteiger partial charge in [-0.15, -0.1) is 12.3 Å². The highest BCUT2D eigenvalue weighted by molar-refractivity contribution is 5.75.